The largest absolute Gasteiger partial charge is 1.00 e. The number of rotatable bonds is 0. The van der Waals surface area contributed by atoms with Gasteiger partial charge < -0.3 is 54.4 Å². The summed E-state index contributed by atoms with van der Waals surface area (Å²) in [5, 5.41) is 0. The fraction of sp³-hybridized carbons (Fsp3) is 0. The van der Waals surface area contributed by atoms with Crippen molar-refractivity contribution in [3.05, 3.63) is 0 Å². The zero-order valence-corrected chi connectivity index (χ0v) is 9.59. The number of hydrogen-bond donors (Lipinski definition) is 3. The van der Waals surface area contributed by atoms with Crippen LogP contribution in [-0.4, -0.2) is 53.0 Å². The molecule has 0 unspecified atom stereocenters. The zero-order chi connectivity index (χ0) is 4.50. The monoisotopic (exact) mass is 248 g/mol. The Morgan fingerprint density at radius 1 is 0.692 bits per heavy atom. The third-order valence-electron chi connectivity index (χ3n) is 0. The topological polar surface area (TPSA) is 298 Å². The number of phosphoric acid groups is 1. The summed E-state index contributed by atoms with van der Waals surface area (Å²) in [7, 11) is -4.64. The summed E-state index contributed by atoms with van der Waals surface area (Å²) in [6.07, 6.45) is 0. The van der Waals surface area contributed by atoms with E-state index in [4.69, 9.17) is 19.2 Å². The SMILES string of the molecule is O.O.O.O.O.O.O.O=P(O)(O)O.[H-].[Na+]. The Balaban J connectivity index is -0.00000000222. The van der Waals surface area contributed by atoms with E-state index in [1.165, 1.54) is 0 Å². The van der Waals surface area contributed by atoms with E-state index in [-0.39, 0.29) is 69.3 Å². The average Bonchev–Trinajstić information content (AvgIpc) is 0.722. The van der Waals surface area contributed by atoms with Crippen molar-refractivity contribution in [2.75, 3.05) is 0 Å². The minimum Gasteiger partial charge on any atom is -1.00 e. The molecule has 90 valence electrons. The Kier molecular flexibility index (Phi) is 289. The summed E-state index contributed by atoms with van der Waals surface area (Å²) >= 11 is 0. The molecule has 0 atom stereocenters. The van der Waals surface area contributed by atoms with Gasteiger partial charge in [-0.1, -0.05) is 0 Å². The summed E-state index contributed by atoms with van der Waals surface area (Å²) in [6, 6.07) is 0. The smallest absolute Gasteiger partial charge is 1.00 e. The molecule has 17 N–H and O–H groups in total. The predicted octanol–water partition coefficient (Wildman–Crippen LogP) is -9.58. The van der Waals surface area contributed by atoms with Gasteiger partial charge in [-0.25, -0.2) is 4.57 Å². The van der Waals surface area contributed by atoms with E-state index in [1.54, 1.807) is 0 Å². The van der Waals surface area contributed by atoms with Crippen molar-refractivity contribution in [2.45, 2.75) is 0 Å². The molecule has 11 nitrogen and oxygen atoms in total. The van der Waals surface area contributed by atoms with Gasteiger partial charge in [-0.2, -0.15) is 0 Å². The molecule has 13 heavy (non-hydrogen) atoms. The van der Waals surface area contributed by atoms with Crippen LogP contribution in [0.1, 0.15) is 1.43 Å². The molecule has 0 aromatic heterocycles. The average molecular weight is 248 g/mol. The van der Waals surface area contributed by atoms with Gasteiger partial charge in [-0.15, -0.1) is 0 Å². The summed E-state index contributed by atoms with van der Waals surface area (Å²) in [5.41, 5.74) is 0. The minimum absolute atomic E-state index is 0. The van der Waals surface area contributed by atoms with E-state index >= 15 is 0 Å². The van der Waals surface area contributed by atoms with Crippen molar-refractivity contribution in [3.8, 4) is 0 Å². The number of hydrogen-bond acceptors (Lipinski definition) is 1. The molecule has 0 aliphatic rings. The molecule has 0 aromatic carbocycles. The molecule has 0 fully saturated rings. The van der Waals surface area contributed by atoms with Crippen molar-refractivity contribution in [2.24, 2.45) is 0 Å². The molecule has 0 saturated heterocycles. The molecular weight excluding hydrogens is 230 g/mol. The molecule has 13 heteroatoms. The maximum absolute atomic E-state index is 8.88. The molecule has 0 spiro atoms. The molecule has 0 aliphatic carbocycles. The molecule has 0 amide bonds. The van der Waals surface area contributed by atoms with E-state index in [9.17, 15) is 0 Å². The van der Waals surface area contributed by atoms with Gasteiger partial charge >= 0.3 is 37.4 Å². The van der Waals surface area contributed by atoms with E-state index in [1.807, 2.05) is 0 Å². The van der Waals surface area contributed by atoms with Crippen LogP contribution in [0.5, 0.6) is 0 Å². The Hall–Kier alpha value is 0.830. The van der Waals surface area contributed by atoms with Crippen LogP contribution in [0.4, 0.5) is 0 Å². The first-order chi connectivity index (χ1) is 2.00. The molecule has 0 bridgehead atoms. The Bertz CT molecular complexity index is 61.4. The van der Waals surface area contributed by atoms with Crippen molar-refractivity contribution in [1.29, 1.82) is 0 Å². The van der Waals surface area contributed by atoms with Crippen LogP contribution in [0.25, 0.3) is 0 Å². The second kappa shape index (κ2) is 38.5. The molecule has 0 rings (SSSR count). The van der Waals surface area contributed by atoms with Gasteiger partial charge in [0, 0.05) is 0 Å². The van der Waals surface area contributed by atoms with Crippen LogP contribution in [0.2, 0.25) is 0 Å². The molecular formula is H18NaO11P. The molecule has 0 aliphatic heterocycles. The van der Waals surface area contributed by atoms with Crippen LogP contribution < -0.4 is 29.6 Å². The Labute approximate surface area is 96.6 Å². The van der Waals surface area contributed by atoms with E-state index < -0.39 is 7.82 Å². The first-order valence-electron chi connectivity index (χ1n) is 0.783. The van der Waals surface area contributed by atoms with Gasteiger partial charge in [0.05, 0.1) is 0 Å². The zero-order valence-electron chi connectivity index (χ0n) is 7.70. The third kappa shape index (κ3) is 2180. The third-order valence-corrected chi connectivity index (χ3v) is 0. The molecule has 0 radical (unpaired) electrons. The van der Waals surface area contributed by atoms with Gasteiger partial charge in [0.15, 0.2) is 0 Å². The predicted molar refractivity (Wildman–Crippen MR) is 40.7 cm³/mol. The van der Waals surface area contributed by atoms with Crippen molar-refractivity contribution in [1.82, 2.24) is 0 Å². The fourth-order valence-electron chi connectivity index (χ4n) is 0. The first kappa shape index (κ1) is 97.6. The van der Waals surface area contributed by atoms with Crippen molar-refractivity contribution < 1.29 is 88.6 Å². The maximum Gasteiger partial charge on any atom is 1.00 e. The van der Waals surface area contributed by atoms with Crippen LogP contribution >= 0.6 is 7.82 Å². The minimum atomic E-state index is -4.64. The van der Waals surface area contributed by atoms with Gasteiger partial charge in [-0.05, 0) is 0 Å². The van der Waals surface area contributed by atoms with Crippen molar-refractivity contribution >= 4 is 7.82 Å². The van der Waals surface area contributed by atoms with Gasteiger partial charge in [-0.3, -0.25) is 0 Å². The Morgan fingerprint density at radius 2 is 0.692 bits per heavy atom. The van der Waals surface area contributed by atoms with Crippen LogP contribution in [0.15, 0.2) is 0 Å². The van der Waals surface area contributed by atoms with Crippen molar-refractivity contribution in [3.63, 3.8) is 0 Å². The van der Waals surface area contributed by atoms with Gasteiger partial charge in [0.2, 0.25) is 0 Å². The molecule has 0 heterocycles. The van der Waals surface area contributed by atoms with E-state index in [2.05, 4.69) is 0 Å². The summed E-state index contributed by atoms with van der Waals surface area (Å²) < 4.78 is 8.88. The summed E-state index contributed by atoms with van der Waals surface area (Å²) in [5.74, 6) is 0. The summed E-state index contributed by atoms with van der Waals surface area (Å²) in [6.45, 7) is 0. The second-order valence-electron chi connectivity index (χ2n) is 0.513. The normalized spacial score (nSPS) is 4.54. The van der Waals surface area contributed by atoms with Crippen LogP contribution in [0.3, 0.4) is 0 Å². The first-order valence-corrected chi connectivity index (χ1v) is 2.35. The quantitative estimate of drug-likeness (QED) is 0.277. The maximum atomic E-state index is 8.88. The summed E-state index contributed by atoms with van der Waals surface area (Å²) in [4.78, 5) is 21.6. The molecule has 0 aromatic rings. The Morgan fingerprint density at radius 3 is 0.692 bits per heavy atom. The molecule has 0 saturated carbocycles. The van der Waals surface area contributed by atoms with Crippen LogP contribution in [-0.2, 0) is 4.57 Å². The van der Waals surface area contributed by atoms with E-state index in [0.29, 0.717) is 0 Å². The van der Waals surface area contributed by atoms with E-state index in [0.717, 1.165) is 0 Å². The standard InChI is InChI=1S/Na.H3O4P.7H2O.H/c;1-5(2,3)4;;;;;;;;/h;(H3,1,2,3,4);7*1H2;/q+1;;;;;;;;;-1. The van der Waals surface area contributed by atoms with Gasteiger partial charge in [0.1, 0.15) is 0 Å². The fourth-order valence-corrected chi connectivity index (χ4v) is 0. The van der Waals surface area contributed by atoms with Crippen LogP contribution in [0, 0.1) is 0 Å². The second-order valence-corrected chi connectivity index (χ2v) is 1.54. The van der Waals surface area contributed by atoms with Gasteiger partial charge in [0.25, 0.3) is 0 Å².